The summed E-state index contributed by atoms with van der Waals surface area (Å²) in [5, 5.41) is 8.97. The van der Waals surface area contributed by atoms with E-state index in [4.69, 9.17) is 9.15 Å². The van der Waals surface area contributed by atoms with Gasteiger partial charge in [-0.2, -0.15) is 0 Å². The van der Waals surface area contributed by atoms with Crippen LogP contribution >= 0.6 is 11.8 Å². The lowest BCUT2D eigenvalue weighted by molar-refractivity contribution is -0.135. The molecule has 6 rings (SSSR count). The number of aromatic amines is 2. The molecule has 0 spiro atoms. The van der Waals surface area contributed by atoms with Crippen LogP contribution in [0.5, 0.6) is 0 Å². The van der Waals surface area contributed by atoms with Crippen molar-refractivity contribution in [3.05, 3.63) is 70.7 Å². The molecule has 1 saturated heterocycles. The largest absolute Gasteiger partial charge is 0.456 e. The van der Waals surface area contributed by atoms with E-state index < -0.39 is 24.3 Å². The number of aryl methyl sites for hydroxylation is 1. The monoisotopic (exact) mass is 800 g/mol. The van der Waals surface area contributed by atoms with Crippen molar-refractivity contribution in [3.63, 3.8) is 0 Å². The van der Waals surface area contributed by atoms with Gasteiger partial charge in [-0.1, -0.05) is 33.8 Å². The van der Waals surface area contributed by atoms with E-state index in [0.717, 1.165) is 35.5 Å². The maximum absolute atomic E-state index is 13.8. The molecule has 0 unspecified atom stereocenters. The Hall–Kier alpha value is -5.84. The van der Waals surface area contributed by atoms with Crippen molar-refractivity contribution >= 4 is 57.7 Å². The van der Waals surface area contributed by atoms with Crippen LogP contribution in [0, 0.1) is 11.8 Å². The molecule has 0 aliphatic carbocycles. The first-order valence-corrected chi connectivity index (χ1v) is 20.0. The Kier molecular flexibility index (Phi) is 12.9. The van der Waals surface area contributed by atoms with Crippen LogP contribution in [-0.4, -0.2) is 93.3 Å². The Morgan fingerprint density at radius 1 is 0.860 bits per heavy atom. The van der Waals surface area contributed by atoms with Gasteiger partial charge >= 0.3 is 12.2 Å². The number of benzene rings is 2. The Balaban J connectivity index is 1.11. The highest BCUT2D eigenvalue weighted by Gasteiger charge is 2.38. The number of ether oxygens (including phenoxy) is 2. The average molecular weight is 801 g/mol. The summed E-state index contributed by atoms with van der Waals surface area (Å²) in [5.74, 6) is 1.78. The minimum atomic E-state index is -0.746. The van der Waals surface area contributed by atoms with Crippen molar-refractivity contribution in [1.82, 2.24) is 40.8 Å². The normalized spacial score (nSPS) is 15.2. The molecule has 2 aromatic carbocycles. The van der Waals surface area contributed by atoms with Crippen molar-refractivity contribution in [1.29, 1.82) is 0 Å². The zero-order chi connectivity index (χ0) is 40.8. The van der Waals surface area contributed by atoms with Crippen LogP contribution in [0.2, 0.25) is 0 Å². The maximum atomic E-state index is 13.8. The molecule has 5 N–H and O–H groups in total. The second-order valence-electron chi connectivity index (χ2n) is 14.6. The molecular weight excluding hydrogens is 753 g/mol. The number of fused-ring (bicyclic) bond motifs is 2. The molecule has 1 fully saturated rings. The van der Waals surface area contributed by atoms with E-state index in [-0.39, 0.29) is 35.1 Å². The Labute approximate surface area is 333 Å². The number of amides is 4. The summed E-state index contributed by atoms with van der Waals surface area (Å²) >= 11 is 1.60. The van der Waals surface area contributed by atoms with Crippen molar-refractivity contribution in [2.24, 2.45) is 11.8 Å². The predicted octanol–water partition coefficient (Wildman–Crippen LogP) is 5.50. The van der Waals surface area contributed by atoms with Gasteiger partial charge in [0.15, 0.2) is 0 Å². The summed E-state index contributed by atoms with van der Waals surface area (Å²) < 4.78 is 15.6. The second-order valence-corrected chi connectivity index (χ2v) is 15.6. The highest BCUT2D eigenvalue weighted by Crippen LogP contribution is 2.34. The van der Waals surface area contributed by atoms with Crippen LogP contribution in [0.3, 0.4) is 0 Å². The molecule has 1 aliphatic rings. The van der Waals surface area contributed by atoms with E-state index >= 15 is 0 Å². The van der Waals surface area contributed by atoms with E-state index in [1.165, 1.54) is 14.2 Å². The quantitative estimate of drug-likeness (QED) is 0.0699. The number of H-pyrrole nitrogens is 2. The number of nitrogens with one attached hydrogen (secondary N) is 5. The van der Waals surface area contributed by atoms with Gasteiger partial charge in [0.2, 0.25) is 17.2 Å². The summed E-state index contributed by atoms with van der Waals surface area (Å²) in [5.41, 5.74) is 3.73. The average Bonchev–Trinajstić information content (AvgIpc) is 4.00. The molecule has 1 aliphatic heterocycles. The van der Waals surface area contributed by atoms with Gasteiger partial charge in [0.25, 0.3) is 0 Å². The maximum Gasteiger partial charge on any atom is 0.407 e. The topological polar surface area (TPSA) is 214 Å². The van der Waals surface area contributed by atoms with Gasteiger partial charge in [-0.25, -0.2) is 19.6 Å². The third-order valence-corrected chi connectivity index (χ3v) is 10.9. The molecule has 302 valence electrons. The Bertz CT molecular complexity index is 2320. The van der Waals surface area contributed by atoms with Crippen LogP contribution in [0.4, 0.5) is 9.59 Å². The van der Waals surface area contributed by atoms with Gasteiger partial charge in [0, 0.05) is 29.8 Å². The van der Waals surface area contributed by atoms with Crippen LogP contribution in [0.25, 0.3) is 44.5 Å². The number of hydrogen-bond acceptors (Lipinski definition) is 11. The number of thioether (sulfide) groups is 1. The SMILES string of the molecule is COC(=O)N[C@H](C(=O)NCCCCc1ncc(-c2ccc3c(=O)c4cc(-c5cnc([C@@H]6CSCN6C(=O)[C@@H](NC(=O)OC)C(C)C)[nH]5)ccc4oc3c2)[nH]1)C(C)C. The smallest absolute Gasteiger partial charge is 0.407 e. The van der Waals surface area contributed by atoms with E-state index in [0.29, 0.717) is 58.1 Å². The number of alkyl carbamates (subject to hydrolysis) is 2. The predicted molar refractivity (Wildman–Crippen MR) is 216 cm³/mol. The number of unbranched alkanes of at least 4 members (excludes halogenated alkanes) is 1. The van der Waals surface area contributed by atoms with Gasteiger partial charge in [-0.3, -0.25) is 14.4 Å². The standard InChI is InChI=1S/C40H48N8O8S/c1-21(2)33(46-39(52)54-5)37(50)41-14-8-7-9-32-42-17-27(44-32)24-10-12-25-31(16-24)56-30-13-11-23(15-26(30)35(25)49)28-18-43-36(45-28)29-19-57-20-48(29)38(51)34(22(3)4)47-40(53)55-6/h10-13,15-18,21-22,29,33-34H,7-9,14,19-20H2,1-6H3,(H,41,50)(H,42,44)(H,43,45)(H,46,52)(H,47,53)/t29-,33-,34-/m0/s1. The fourth-order valence-corrected chi connectivity index (χ4v) is 7.87. The molecule has 4 heterocycles. The number of hydrogen-bond donors (Lipinski definition) is 5. The third-order valence-electron chi connectivity index (χ3n) is 9.94. The van der Waals surface area contributed by atoms with Gasteiger partial charge in [0.05, 0.1) is 60.7 Å². The first-order chi connectivity index (χ1) is 27.4. The van der Waals surface area contributed by atoms with Crippen LogP contribution in [0.15, 0.2) is 58.0 Å². The molecule has 0 bridgehead atoms. The molecule has 0 saturated carbocycles. The number of rotatable bonds is 14. The van der Waals surface area contributed by atoms with Crippen molar-refractivity contribution < 1.29 is 33.1 Å². The van der Waals surface area contributed by atoms with Gasteiger partial charge < -0.3 is 44.7 Å². The first kappa shape index (κ1) is 40.8. The minimum Gasteiger partial charge on any atom is -0.456 e. The molecule has 3 atom stereocenters. The van der Waals surface area contributed by atoms with E-state index in [9.17, 15) is 24.0 Å². The highest BCUT2D eigenvalue weighted by molar-refractivity contribution is 7.99. The lowest BCUT2D eigenvalue weighted by atomic mass is 10.0. The van der Waals surface area contributed by atoms with E-state index in [1.54, 1.807) is 47.3 Å². The number of nitrogens with zero attached hydrogens (tertiary/aromatic N) is 3. The summed E-state index contributed by atoms with van der Waals surface area (Å²) in [6.45, 7) is 7.89. The zero-order valence-corrected chi connectivity index (χ0v) is 33.6. The second kappa shape index (κ2) is 18.0. The number of methoxy groups -OCH3 is 2. The summed E-state index contributed by atoms with van der Waals surface area (Å²) in [4.78, 5) is 81.0. The van der Waals surface area contributed by atoms with Gasteiger partial charge in [-0.15, -0.1) is 11.8 Å². The molecule has 5 aromatic rings. The van der Waals surface area contributed by atoms with Gasteiger partial charge in [-0.05, 0) is 55.0 Å². The fourth-order valence-electron chi connectivity index (χ4n) is 6.70. The molecule has 57 heavy (non-hydrogen) atoms. The molecule has 0 radical (unpaired) electrons. The lowest BCUT2D eigenvalue weighted by Gasteiger charge is -2.29. The summed E-state index contributed by atoms with van der Waals surface area (Å²) in [7, 11) is 2.52. The highest BCUT2D eigenvalue weighted by atomic mass is 32.2. The molecule has 16 nitrogen and oxygen atoms in total. The third kappa shape index (κ3) is 9.25. The number of carbonyl (C=O) groups excluding carboxylic acids is 4. The minimum absolute atomic E-state index is 0.0959. The number of aromatic nitrogens is 4. The first-order valence-electron chi connectivity index (χ1n) is 18.8. The van der Waals surface area contributed by atoms with E-state index in [2.05, 4.69) is 40.6 Å². The number of carbonyl (C=O) groups is 4. The van der Waals surface area contributed by atoms with Crippen LogP contribution < -0.4 is 21.4 Å². The molecular formula is C40H48N8O8S. The Morgan fingerprint density at radius 3 is 2.25 bits per heavy atom. The zero-order valence-electron chi connectivity index (χ0n) is 32.8. The Morgan fingerprint density at radius 2 is 1.53 bits per heavy atom. The van der Waals surface area contributed by atoms with E-state index in [1.807, 2.05) is 45.9 Å². The number of imidazole rings is 2. The molecule has 17 heteroatoms. The summed E-state index contributed by atoms with van der Waals surface area (Å²) in [6.07, 6.45) is 4.29. The fraction of sp³-hybridized carbons (Fsp3) is 0.425. The van der Waals surface area contributed by atoms with Crippen molar-refractivity contribution in [2.45, 2.75) is 65.1 Å². The van der Waals surface area contributed by atoms with Crippen LogP contribution in [-0.2, 0) is 25.5 Å². The lowest BCUT2D eigenvalue weighted by Crippen LogP contribution is -2.51. The molecule has 3 aromatic heterocycles. The van der Waals surface area contributed by atoms with Crippen LogP contribution in [0.1, 0.15) is 58.2 Å². The van der Waals surface area contributed by atoms with Gasteiger partial charge in [0.1, 0.15) is 34.9 Å². The van der Waals surface area contributed by atoms with Crippen molar-refractivity contribution in [3.8, 4) is 22.5 Å². The van der Waals surface area contributed by atoms with Crippen molar-refractivity contribution in [2.75, 3.05) is 32.4 Å². The molecule has 4 amide bonds. The summed E-state index contributed by atoms with van der Waals surface area (Å²) in [6, 6.07) is 9.08.